The zero-order valence-electron chi connectivity index (χ0n) is 10.6. The molecule has 0 unspecified atom stereocenters. The van der Waals surface area contributed by atoms with Crippen LogP contribution in [0.3, 0.4) is 0 Å². The van der Waals surface area contributed by atoms with Crippen molar-refractivity contribution in [1.29, 1.82) is 0 Å². The molecule has 2 nitrogen and oxygen atoms in total. The number of carbonyl (C=O) groups is 1. The Hall–Kier alpha value is -1.61. The zero-order chi connectivity index (χ0) is 13.7. The van der Waals surface area contributed by atoms with E-state index in [0.717, 1.165) is 27.7 Å². The molecule has 0 fully saturated rings. The summed E-state index contributed by atoms with van der Waals surface area (Å²) >= 11 is 3.38. The van der Waals surface area contributed by atoms with Gasteiger partial charge in [-0.05, 0) is 41.8 Å². The van der Waals surface area contributed by atoms with E-state index in [1.54, 1.807) is 0 Å². The van der Waals surface area contributed by atoms with E-state index < -0.39 is 0 Å². The highest BCUT2D eigenvalue weighted by Gasteiger charge is 2.04. The molecule has 19 heavy (non-hydrogen) atoms. The number of ketones is 1. The van der Waals surface area contributed by atoms with Crippen molar-refractivity contribution in [2.75, 3.05) is 5.73 Å². The van der Waals surface area contributed by atoms with Gasteiger partial charge in [-0.25, -0.2) is 0 Å². The summed E-state index contributed by atoms with van der Waals surface area (Å²) in [5, 5.41) is 0. The molecule has 2 rings (SSSR count). The number of nitrogen functional groups attached to an aromatic ring is 1. The van der Waals surface area contributed by atoms with Crippen molar-refractivity contribution >= 4 is 27.4 Å². The fraction of sp³-hybridized carbons (Fsp3) is 0.188. The average Bonchev–Trinajstić information content (AvgIpc) is 2.39. The Morgan fingerprint density at radius 3 is 2.47 bits per heavy atom. The highest BCUT2D eigenvalue weighted by Crippen LogP contribution is 2.13. The van der Waals surface area contributed by atoms with Crippen LogP contribution in [0.2, 0.25) is 0 Å². The van der Waals surface area contributed by atoms with Crippen molar-refractivity contribution in [2.24, 2.45) is 0 Å². The zero-order valence-corrected chi connectivity index (χ0v) is 12.2. The van der Waals surface area contributed by atoms with Gasteiger partial charge in [0.25, 0.3) is 0 Å². The summed E-state index contributed by atoms with van der Waals surface area (Å²) in [6.45, 7) is 0. The number of halogens is 1. The third-order valence-corrected chi connectivity index (χ3v) is 3.49. The molecule has 0 atom stereocenters. The number of benzene rings is 2. The molecule has 2 aromatic rings. The quantitative estimate of drug-likeness (QED) is 0.853. The monoisotopic (exact) mass is 317 g/mol. The van der Waals surface area contributed by atoms with E-state index in [0.29, 0.717) is 12.8 Å². The third kappa shape index (κ3) is 4.52. The summed E-state index contributed by atoms with van der Waals surface area (Å²) in [5.41, 5.74) is 8.63. The number of rotatable bonds is 5. The number of carbonyl (C=O) groups excluding carboxylic acids is 1. The minimum atomic E-state index is 0.254. The SMILES string of the molecule is Nc1cccc(CCC(=O)Cc2ccc(Br)cc2)c1. The van der Waals surface area contributed by atoms with Gasteiger partial charge in [0.2, 0.25) is 0 Å². The Morgan fingerprint density at radius 1 is 1.05 bits per heavy atom. The van der Waals surface area contributed by atoms with Crippen molar-refractivity contribution < 1.29 is 4.79 Å². The first-order valence-electron chi connectivity index (χ1n) is 6.24. The first kappa shape index (κ1) is 13.8. The van der Waals surface area contributed by atoms with Gasteiger partial charge in [-0.3, -0.25) is 4.79 Å². The molecule has 0 spiro atoms. The van der Waals surface area contributed by atoms with E-state index in [4.69, 9.17) is 5.73 Å². The maximum absolute atomic E-state index is 11.9. The van der Waals surface area contributed by atoms with Gasteiger partial charge in [-0.1, -0.05) is 40.2 Å². The highest BCUT2D eigenvalue weighted by atomic mass is 79.9. The van der Waals surface area contributed by atoms with Crippen molar-refractivity contribution in [3.8, 4) is 0 Å². The second-order valence-electron chi connectivity index (χ2n) is 4.59. The van der Waals surface area contributed by atoms with Gasteiger partial charge in [0.15, 0.2) is 0 Å². The Morgan fingerprint density at radius 2 is 1.79 bits per heavy atom. The van der Waals surface area contributed by atoms with Crippen LogP contribution in [0.4, 0.5) is 5.69 Å². The molecule has 0 aliphatic carbocycles. The topological polar surface area (TPSA) is 43.1 Å². The second-order valence-corrected chi connectivity index (χ2v) is 5.50. The van der Waals surface area contributed by atoms with Crippen LogP contribution in [0.15, 0.2) is 53.0 Å². The van der Waals surface area contributed by atoms with Crippen molar-refractivity contribution in [3.05, 3.63) is 64.1 Å². The van der Waals surface area contributed by atoms with E-state index in [1.165, 1.54) is 0 Å². The van der Waals surface area contributed by atoms with Crippen LogP contribution in [-0.4, -0.2) is 5.78 Å². The van der Waals surface area contributed by atoms with Gasteiger partial charge in [-0.2, -0.15) is 0 Å². The second kappa shape index (κ2) is 6.53. The summed E-state index contributed by atoms with van der Waals surface area (Å²) in [5.74, 6) is 0.254. The van der Waals surface area contributed by atoms with Crippen molar-refractivity contribution in [3.63, 3.8) is 0 Å². The summed E-state index contributed by atoms with van der Waals surface area (Å²) in [6, 6.07) is 15.6. The average molecular weight is 318 g/mol. The molecule has 98 valence electrons. The van der Waals surface area contributed by atoms with Crippen LogP contribution < -0.4 is 5.73 Å². The number of hydrogen-bond donors (Lipinski definition) is 1. The number of nitrogens with two attached hydrogens (primary N) is 1. The Kier molecular flexibility index (Phi) is 4.74. The minimum Gasteiger partial charge on any atom is -0.399 e. The Balaban J connectivity index is 1.86. The summed E-state index contributed by atoms with van der Waals surface area (Å²) in [6.07, 6.45) is 1.80. The van der Waals surface area contributed by atoms with Crippen LogP contribution in [0.25, 0.3) is 0 Å². The predicted molar refractivity (Wildman–Crippen MR) is 82.0 cm³/mol. The molecule has 0 saturated carbocycles. The smallest absolute Gasteiger partial charge is 0.137 e. The van der Waals surface area contributed by atoms with Gasteiger partial charge < -0.3 is 5.73 Å². The first-order chi connectivity index (χ1) is 9.13. The molecule has 0 heterocycles. The fourth-order valence-electron chi connectivity index (χ4n) is 1.95. The van der Waals surface area contributed by atoms with E-state index >= 15 is 0 Å². The number of anilines is 1. The Labute approximate surface area is 121 Å². The molecule has 2 aromatic carbocycles. The summed E-state index contributed by atoms with van der Waals surface area (Å²) < 4.78 is 1.03. The van der Waals surface area contributed by atoms with Gasteiger partial charge >= 0.3 is 0 Å². The van der Waals surface area contributed by atoms with Crippen LogP contribution in [-0.2, 0) is 17.6 Å². The molecule has 0 bridgehead atoms. The normalized spacial score (nSPS) is 10.4. The van der Waals surface area contributed by atoms with Crippen LogP contribution in [0.1, 0.15) is 17.5 Å². The fourth-order valence-corrected chi connectivity index (χ4v) is 2.22. The minimum absolute atomic E-state index is 0.254. The molecule has 0 aromatic heterocycles. The van der Waals surface area contributed by atoms with Gasteiger partial charge in [0.05, 0.1) is 0 Å². The van der Waals surface area contributed by atoms with Crippen molar-refractivity contribution in [1.82, 2.24) is 0 Å². The summed E-state index contributed by atoms with van der Waals surface area (Å²) in [7, 11) is 0. The molecule has 0 aliphatic heterocycles. The van der Waals surface area contributed by atoms with Gasteiger partial charge in [-0.15, -0.1) is 0 Å². The number of Topliss-reactive ketones (excluding diaryl/α,β-unsaturated/α-hetero) is 1. The standard InChI is InChI=1S/C16H16BrNO/c17-14-7-4-13(5-8-14)11-16(19)9-6-12-2-1-3-15(18)10-12/h1-5,7-8,10H,6,9,11,18H2. The lowest BCUT2D eigenvalue weighted by molar-refractivity contribution is -0.118. The molecule has 0 radical (unpaired) electrons. The molecule has 0 aliphatic rings. The maximum Gasteiger partial charge on any atom is 0.137 e. The Bertz CT molecular complexity index is 563. The third-order valence-electron chi connectivity index (χ3n) is 2.96. The highest BCUT2D eigenvalue weighted by molar-refractivity contribution is 9.10. The van der Waals surface area contributed by atoms with Crippen LogP contribution >= 0.6 is 15.9 Å². The van der Waals surface area contributed by atoms with Gasteiger partial charge in [0.1, 0.15) is 5.78 Å². The molecule has 0 amide bonds. The largest absolute Gasteiger partial charge is 0.399 e. The van der Waals surface area contributed by atoms with E-state index in [9.17, 15) is 4.79 Å². The van der Waals surface area contributed by atoms with Crippen LogP contribution in [0.5, 0.6) is 0 Å². The predicted octanol–water partition coefficient (Wildman–Crippen LogP) is 3.78. The first-order valence-corrected chi connectivity index (χ1v) is 7.03. The van der Waals surface area contributed by atoms with E-state index in [-0.39, 0.29) is 5.78 Å². The molecular formula is C16H16BrNO. The van der Waals surface area contributed by atoms with E-state index in [2.05, 4.69) is 15.9 Å². The number of hydrogen-bond acceptors (Lipinski definition) is 2. The lowest BCUT2D eigenvalue weighted by Gasteiger charge is -2.03. The molecule has 3 heteroatoms. The molecule has 2 N–H and O–H groups in total. The summed E-state index contributed by atoms with van der Waals surface area (Å²) in [4.78, 5) is 11.9. The molecule has 0 saturated heterocycles. The van der Waals surface area contributed by atoms with E-state index in [1.807, 2.05) is 48.5 Å². The number of aryl methyl sites for hydroxylation is 1. The lowest BCUT2D eigenvalue weighted by atomic mass is 10.0. The lowest BCUT2D eigenvalue weighted by Crippen LogP contribution is -2.04. The maximum atomic E-state index is 11.9. The van der Waals surface area contributed by atoms with Crippen LogP contribution in [0, 0.1) is 0 Å². The van der Waals surface area contributed by atoms with Gasteiger partial charge in [0, 0.05) is 23.0 Å². The van der Waals surface area contributed by atoms with Crippen molar-refractivity contribution in [2.45, 2.75) is 19.3 Å². The molecular weight excluding hydrogens is 302 g/mol.